The molecule has 24 heavy (non-hydrogen) atoms. The normalized spacial score (nSPS) is 19.6. The molecule has 0 amide bonds. The van der Waals surface area contributed by atoms with Gasteiger partial charge < -0.3 is 19.2 Å². The van der Waals surface area contributed by atoms with Crippen LogP contribution in [0.15, 0.2) is 6.07 Å². The van der Waals surface area contributed by atoms with Crippen molar-refractivity contribution in [1.82, 2.24) is 0 Å². The third-order valence-electron chi connectivity index (χ3n) is 4.84. The Balaban J connectivity index is 2.58. The van der Waals surface area contributed by atoms with Crippen LogP contribution in [0, 0.1) is 13.8 Å². The monoisotopic (exact) mass is 359 g/mol. The summed E-state index contributed by atoms with van der Waals surface area (Å²) in [7, 11) is -5.89. The Kier molecular flexibility index (Phi) is 4.78. The van der Waals surface area contributed by atoms with Gasteiger partial charge in [0.25, 0.3) is 0 Å². The van der Waals surface area contributed by atoms with E-state index in [1.165, 1.54) is 0 Å². The molecule has 0 saturated carbocycles. The van der Waals surface area contributed by atoms with Gasteiger partial charge in [0.1, 0.15) is 0 Å². The van der Waals surface area contributed by atoms with Crippen LogP contribution in [-0.2, 0) is 26.4 Å². The van der Waals surface area contributed by atoms with E-state index in [0.717, 1.165) is 0 Å². The first-order valence-corrected chi connectivity index (χ1v) is 8.92. The highest BCUT2D eigenvalue weighted by atomic mass is 32.3. The average molecular weight is 359 g/mol. The first kappa shape index (κ1) is 19.2. The van der Waals surface area contributed by atoms with Crippen LogP contribution in [0.25, 0.3) is 0 Å². The molecule has 1 aliphatic rings. The van der Waals surface area contributed by atoms with E-state index in [1.807, 2.05) is 27.7 Å². The minimum Gasteiger partial charge on any atom is -0.399 e. The average Bonchev–Trinajstić information content (AvgIpc) is 2.62. The van der Waals surface area contributed by atoms with Crippen LogP contribution < -0.4 is 15.4 Å². The molecule has 1 aliphatic heterocycles. The van der Waals surface area contributed by atoms with Gasteiger partial charge in [-0.1, -0.05) is 9.95 Å². The van der Waals surface area contributed by atoms with Crippen molar-refractivity contribution in [3.63, 3.8) is 0 Å². The lowest BCUT2D eigenvalue weighted by molar-refractivity contribution is 0.00578. The molecule has 1 aromatic carbocycles. The van der Waals surface area contributed by atoms with E-state index >= 15 is 0 Å². The topological polar surface area (TPSA) is 87.8 Å². The highest BCUT2D eigenvalue weighted by Crippen LogP contribution is 2.38. The van der Waals surface area contributed by atoms with Crippen molar-refractivity contribution in [2.24, 2.45) is 5.73 Å². The number of rotatable bonds is 4. The smallest absolute Gasteiger partial charge is 0.399 e. The molecule has 0 unspecified atom stereocenters. The predicted octanol–water partition coefficient (Wildman–Crippen LogP) is 1.65. The predicted molar refractivity (Wildman–Crippen MR) is 90.2 cm³/mol. The third-order valence-corrected chi connectivity index (χ3v) is 5.20. The molecular weight excluding hydrogens is 336 g/mol. The maximum Gasteiger partial charge on any atom is 0.495 e. The van der Waals surface area contributed by atoms with E-state index in [1.54, 1.807) is 19.9 Å². The Labute approximate surface area is 143 Å². The van der Waals surface area contributed by atoms with Gasteiger partial charge in [-0.25, -0.2) is 0 Å². The Hall–Kier alpha value is -1.16. The molecule has 1 fully saturated rings. The molecule has 0 aliphatic carbocycles. The van der Waals surface area contributed by atoms with Crippen molar-refractivity contribution in [3.05, 3.63) is 22.8 Å². The standard InChI is InChI=1S/C15H23BFNO5S/c1-9-11(8-18)7-12(10(2)13(9)21-24(17,19)20)16-22-14(3,4)15(5,6)23-16/h7H,8,18H2,1-6H3. The van der Waals surface area contributed by atoms with E-state index in [-0.39, 0.29) is 12.3 Å². The molecule has 0 spiro atoms. The summed E-state index contributed by atoms with van der Waals surface area (Å²) in [5.74, 6) is -0.0786. The van der Waals surface area contributed by atoms with Crippen LogP contribution in [0.4, 0.5) is 3.89 Å². The molecule has 0 bridgehead atoms. The molecule has 0 aromatic heterocycles. The van der Waals surface area contributed by atoms with Crippen LogP contribution in [0.5, 0.6) is 5.75 Å². The Bertz CT molecular complexity index is 748. The molecule has 2 N–H and O–H groups in total. The van der Waals surface area contributed by atoms with Gasteiger partial charge in [0.15, 0.2) is 5.75 Å². The SMILES string of the molecule is Cc1c(CN)cc(B2OC(C)(C)C(C)(C)O2)c(C)c1OS(=O)(=O)F. The number of hydrogen-bond acceptors (Lipinski definition) is 6. The molecule has 2 rings (SSSR count). The van der Waals surface area contributed by atoms with Crippen molar-refractivity contribution in [2.75, 3.05) is 0 Å². The number of benzene rings is 1. The maximum atomic E-state index is 13.1. The summed E-state index contributed by atoms with van der Waals surface area (Å²) in [5, 5.41) is 0. The van der Waals surface area contributed by atoms with Crippen LogP contribution >= 0.6 is 0 Å². The summed E-state index contributed by atoms with van der Waals surface area (Å²) < 4.78 is 51.5. The van der Waals surface area contributed by atoms with Gasteiger partial charge in [-0.15, -0.1) is 0 Å². The van der Waals surface area contributed by atoms with E-state index < -0.39 is 28.8 Å². The van der Waals surface area contributed by atoms with Gasteiger partial charge in [-0.05, 0) is 63.7 Å². The molecule has 6 nitrogen and oxygen atoms in total. The van der Waals surface area contributed by atoms with E-state index in [0.29, 0.717) is 22.2 Å². The fourth-order valence-corrected chi connectivity index (χ4v) is 3.06. The van der Waals surface area contributed by atoms with Crippen molar-refractivity contribution in [2.45, 2.75) is 59.3 Å². The van der Waals surface area contributed by atoms with Crippen molar-refractivity contribution < 1.29 is 25.8 Å². The van der Waals surface area contributed by atoms with Gasteiger partial charge in [0, 0.05) is 6.54 Å². The largest absolute Gasteiger partial charge is 0.495 e. The highest BCUT2D eigenvalue weighted by Gasteiger charge is 2.52. The first-order chi connectivity index (χ1) is 10.8. The lowest BCUT2D eigenvalue weighted by Crippen LogP contribution is -2.41. The summed E-state index contributed by atoms with van der Waals surface area (Å²) in [6.45, 7) is 11.0. The summed E-state index contributed by atoms with van der Waals surface area (Å²) in [6.07, 6.45) is 0. The zero-order chi connectivity index (χ0) is 18.5. The van der Waals surface area contributed by atoms with Crippen molar-refractivity contribution >= 4 is 23.1 Å². The second kappa shape index (κ2) is 5.98. The van der Waals surface area contributed by atoms with Gasteiger partial charge in [0.2, 0.25) is 0 Å². The molecule has 1 heterocycles. The van der Waals surface area contributed by atoms with Crippen LogP contribution in [0.3, 0.4) is 0 Å². The van der Waals surface area contributed by atoms with Crippen molar-refractivity contribution in [1.29, 1.82) is 0 Å². The lowest BCUT2D eigenvalue weighted by Gasteiger charge is -2.32. The maximum absolute atomic E-state index is 13.1. The zero-order valence-corrected chi connectivity index (χ0v) is 15.6. The Morgan fingerprint density at radius 1 is 1.17 bits per heavy atom. The van der Waals surface area contributed by atoms with Crippen LogP contribution in [-0.4, -0.2) is 26.7 Å². The second-order valence-corrected chi connectivity index (χ2v) is 7.93. The summed E-state index contributed by atoms with van der Waals surface area (Å²) in [5.41, 5.74) is 6.70. The first-order valence-electron chi connectivity index (χ1n) is 7.62. The minimum absolute atomic E-state index is 0.0786. The van der Waals surface area contributed by atoms with Crippen molar-refractivity contribution in [3.8, 4) is 5.75 Å². The zero-order valence-electron chi connectivity index (χ0n) is 14.8. The van der Waals surface area contributed by atoms with Gasteiger partial charge >= 0.3 is 17.6 Å². The summed E-state index contributed by atoms with van der Waals surface area (Å²) in [6, 6.07) is 1.78. The Morgan fingerprint density at radius 3 is 2.08 bits per heavy atom. The number of halogens is 1. The summed E-state index contributed by atoms with van der Waals surface area (Å²) in [4.78, 5) is 0. The summed E-state index contributed by atoms with van der Waals surface area (Å²) >= 11 is 0. The van der Waals surface area contributed by atoms with E-state index in [2.05, 4.69) is 4.18 Å². The Morgan fingerprint density at radius 2 is 1.67 bits per heavy atom. The molecular formula is C15H23BFNO5S. The molecule has 1 saturated heterocycles. The van der Waals surface area contributed by atoms with Crippen LogP contribution in [0.2, 0.25) is 0 Å². The number of hydrogen-bond donors (Lipinski definition) is 1. The number of nitrogens with two attached hydrogens (primary N) is 1. The fraction of sp³-hybridized carbons (Fsp3) is 0.600. The minimum atomic E-state index is -5.16. The fourth-order valence-electron chi connectivity index (χ4n) is 2.61. The highest BCUT2D eigenvalue weighted by molar-refractivity contribution is 7.81. The van der Waals surface area contributed by atoms with Gasteiger partial charge in [-0.3, -0.25) is 0 Å². The second-order valence-electron chi connectivity index (χ2n) is 6.97. The van der Waals surface area contributed by atoms with Crippen LogP contribution in [0.1, 0.15) is 44.4 Å². The molecule has 9 heteroatoms. The molecule has 134 valence electrons. The van der Waals surface area contributed by atoms with Gasteiger partial charge in [0.05, 0.1) is 11.2 Å². The molecule has 1 aromatic rings. The molecule has 0 radical (unpaired) electrons. The lowest BCUT2D eigenvalue weighted by atomic mass is 9.74. The molecule has 0 atom stereocenters. The quantitative estimate of drug-likeness (QED) is 0.650. The third kappa shape index (κ3) is 3.44. The van der Waals surface area contributed by atoms with E-state index in [9.17, 15) is 12.3 Å². The van der Waals surface area contributed by atoms with E-state index in [4.69, 9.17) is 15.0 Å². The van der Waals surface area contributed by atoms with Gasteiger partial charge in [-0.2, -0.15) is 8.42 Å².